The van der Waals surface area contributed by atoms with Gasteiger partial charge in [0.15, 0.2) is 0 Å². The molecule has 3 N–H and O–H groups in total. The SMILES string of the molecule is C[C@H]1CC[C@@H](c2nn(-c3ccc(C(=O)Nc4cccc(OC5CC5)c4)cc3)c3c(N)nccc23)CN1C(=O)C1CC1. The summed E-state index contributed by atoms with van der Waals surface area (Å²) in [4.78, 5) is 32.4. The van der Waals surface area contributed by atoms with Crippen LogP contribution in [0.25, 0.3) is 16.6 Å². The molecule has 210 valence electrons. The molecule has 3 heterocycles. The summed E-state index contributed by atoms with van der Waals surface area (Å²) >= 11 is 0. The highest BCUT2D eigenvalue weighted by Gasteiger charge is 2.39. The maximum Gasteiger partial charge on any atom is 0.255 e. The lowest BCUT2D eigenvalue weighted by Crippen LogP contribution is -2.45. The van der Waals surface area contributed by atoms with Gasteiger partial charge in [-0.05, 0) is 87.9 Å². The molecule has 0 radical (unpaired) electrons. The number of fused-ring (bicyclic) bond motifs is 1. The molecule has 4 aromatic rings. The Morgan fingerprint density at radius 2 is 1.80 bits per heavy atom. The zero-order valence-electron chi connectivity index (χ0n) is 23.1. The van der Waals surface area contributed by atoms with Gasteiger partial charge in [0.05, 0.1) is 17.5 Å². The first-order chi connectivity index (χ1) is 19.9. The second-order valence-electron chi connectivity index (χ2n) is 11.6. The van der Waals surface area contributed by atoms with E-state index in [4.69, 9.17) is 15.6 Å². The molecule has 1 aliphatic heterocycles. The van der Waals surface area contributed by atoms with Crippen molar-refractivity contribution in [3.63, 3.8) is 0 Å². The van der Waals surface area contributed by atoms with Crippen LogP contribution in [0.3, 0.4) is 0 Å². The predicted molar refractivity (Wildman–Crippen MR) is 157 cm³/mol. The van der Waals surface area contributed by atoms with E-state index in [1.807, 2.05) is 47.1 Å². The number of rotatable bonds is 7. The Morgan fingerprint density at radius 3 is 2.56 bits per heavy atom. The molecule has 2 amide bonds. The molecular formula is C32H34N6O3. The lowest BCUT2D eigenvalue weighted by molar-refractivity contribution is -0.136. The molecule has 3 fully saturated rings. The van der Waals surface area contributed by atoms with Crippen molar-refractivity contribution < 1.29 is 14.3 Å². The number of nitrogens with two attached hydrogens (primary N) is 1. The molecule has 2 aliphatic carbocycles. The van der Waals surface area contributed by atoms with Gasteiger partial charge < -0.3 is 20.7 Å². The van der Waals surface area contributed by atoms with E-state index >= 15 is 0 Å². The second-order valence-corrected chi connectivity index (χ2v) is 11.6. The third-order valence-electron chi connectivity index (χ3n) is 8.42. The van der Waals surface area contributed by atoms with Gasteiger partial charge in [0.2, 0.25) is 5.91 Å². The van der Waals surface area contributed by atoms with Crippen molar-refractivity contribution in [3.8, 4) is 11.4 Å². The van der Waals surface area contributed by atoms with Crippen molar-refractivity contribution in [2.24, 2.45) is 5.92 Å². The van der Waals surface area contributed by atoms with Crippen molar-refractivity contribution in [3.05, 3.63) is 72.1 Å². The number of nitrogen functional groups attached to an aromatic ring is 1. The number of benzene rings is 2. The smallest absolute Gasteiger partial charge is 0.255 e. The summed E-state index contributed by atoms with van der Waals surface area (Å²) in [5, 5.41) is 8.96. The van der Waals surface area contributed by atoms with E-state index in [-0.39, 0.29) is 29.7 Å². The minimum Gasteiger partial charge on any atom is -0.490 e. The molecular weight excluding hydrogens is 516 g/mol. The number of nitrogens with zero attached hydrogens (tertiary/aromatic N) is 4. The van der Waals surface area contributed by atoms with Crippen molar-refractivity contribution in [2.75, 3.05) is 17.6 Å². The monoisotopic (exact) mass is 550 g/mol. The Hall–Kier alpha value is -4.40. The summed E-state index contributed by atoms with van der Waals surface area (Å²) < 4.78 is 7.67. The molecule has 2 aromatic carbocycles. The number of carbonyl (C=O) groups excluding carboxylic acids is 2. The summed E-state index contributed by atoms with van der Waals surface area (Å²) in [6.45, 7) is 2.81. The normalized spacial score (nSPS) is 20.7. The van der Waals surface area contributed by atoms with Crippen LogP contribution in [0.4, 0.5) is 11.5 Å². The third kappa shape index (κ3) is 5.12. The van der Waals surface area contributed by atoms with E-state index in [1.54, 1.807) is 18.3 Å². The number of hydrogen-bond acceptors (Lipinski definition) is 6. The molecule has 0 unspecified atom stereocenters. The van der Waals surface area contributed by atoms with E-state index in [9.17, 15) is 9.59 Å². The quantitative estimate of drug-likeness (QED) is 0.323. The van der Waals surface area contributed by atoms with Gasteiger partial charge in [-0.2, -0.15) is 5.10 Å². The van der Waals surface area contributed by atoms with Crippen LogP contribution in [-0.2, 0) is 4.79 Å². The highest BCUT2D eigenvalue weighted by atomic mass is 16.5. The fourth-order valence-electron chi connectivity index (χ4n) is 5.78. The fourth-order valence-corrected chi connectivity index (χ4v) is 5.78. The van der Waals surface area contributed by atoms with Crippen LogP contribution < -0.4 is 15.8 Å². The molecule has 3 aliphatic rings. The van der Waals surface area contributed by atoms with Crippen LogP contribution in [-0.4, -0.2) is 50.2 Å². The molecule has 0 spiro atoms. The molecule has 41 heavy (non-hydrogen) atoms. The van der Waals surface area contributed by atoms with Crippen molar-refractivity contribution in [1.29, 1.82) is 0 Å². The first-order valence-corrected chi connectivity index (χ1v) is 14.6. The van der Waals surface area contributed by atoms with Crippen LogP contribution in [0.2, 0.25) is 0 Å². The van der Waals surface area contributed by atoms with Gasteiger partial charge in [0.25, 0.3) is 5.91 Å². The number of carbonyl (C=O) groups is 2. The molecule has 0 bridgehead atoms. The maximum absolute atomic E-state index is 13.0. The zero-order chi connectivity index (χ0) is 28.1. The Balaban J connectivity index is 1.14. The first kappa shape index (κ1) is 25.6. The Labute approximate surface area is 238 Å². The number of nitrogens with one attached hydrogen (secondary N) is 1. The van der Waals surface area contributed by atoms with E-state index in [0.29, 0.717) is 29.7 Å². The lowest BCUT2D eigenvalue weighted by Gasteiger charge is -2.37. The minimum absolute atomic E-state index is 0.115. The number of aromatic nitrogens is 3. The third-order valence-corrected chi connectivity index (χ3v) is 8.42. The highest BCUT2D eigenvalue weighted by Crippen LogP contribution is 2.39. The molecule has 2 atom stereocenters. The van der Waals surface area contributed by atoms with Crippen molar-refractivity contribution in [2.45, 2.75) is 63.5 Å². The van der Waals surface area contributed by atoms with Gasteiger partial charge in [0, 0.05) is 53.3 Å². The molecule has 7 rings (SSSR count). The molecule has 1 saturated heterocycles. The van der Waals surface area contributed by atoms with Crippen LogP contribution in [0, 0.1) is 5.92 Å². The molecule has 9 heteroatoms. The molecule has 2 aromatic heterocycles. The number of amides is 2. The standard InChI is InChI=1S/C32H34N6O3/c1-19-5-6-22(18-37(19)32(40)21-7-8-21)28-27-15-16-34-30(33)29(27)38(36-28)24-11-9-20(10-12-24)31(39)35-23-3-2-4-26(17-23)41-25-13-14-25/h2-4,9-12,15-17,19,21-22,25H,5-8,13-14,18H2,1H3,(H2,33,34)(H,35,39)/t19-,22+/m0/s1. The summed E-state index contributed by atoms with van der Waals surface area (Å²) in [5.41, 5.74) is 10.1. The van der Waals surface area contributed by atoms with E-state index in [0.717, 1.165) is 66.6 Å². The van der Waals surface area contributed by atoms with Gasteiger partial charge in [-0.25, -0.2) is 9.67 Å². The lowest BCUT2D eigenvalue weighted by atomic mass is 9.89. The Kier molecular flexibility index (Phi) is 6.37. The number of piperidine rings is 1. The Bertz CT molecular complexity index is 1620. The highest BCUT2D eigenvalue weighted by molar-refractivity contribution is 6.04. The first-order valence-electron chi connectivity index (χ1n) is 14.6. The predicted octanol–water partition coefficient (Wildman–Crippen LogP) is 5.30. The minimum atomic E-state index is -0.205. The zero-order valence-corrected chi connectivity index (χ0v) is 23.1. The van der Waals surface area contributed by atoms with Crippen molar-refractivity contribution in [1.82, 2.24) is 19.7 Å². The number of hydrogen-bond donors (Lipinski definition) is 2. The average Bonchev–Trinajstić information content (AvgIpc) is 3.92. The second kappa shape index (κ2) is 10.2. The number of ether oxygens (including phenoxy) is 1. The fraction of sp³-hybridized carbons (Fsp3) is 0.375. The summed E-state index contributed by atoms with van der Waals surface area (Å²) in [5.74, 6) is 1.55. The maximum atomic E-state index is 13.0. The number of likely N-dealkylation sites (tertiary alicyclic amines) is 1. The summed E-state index contributed by atoms with van der Waals surface area (Å²) in [7, 11) is 0. The van der Waals surface area contributed by atoms with Gasteiger partial charge in [-0.15, -0.1) is 0 Å². The van der Waals surface area contributed by atoms with Crippen LogP contribution in [0.5, 0.6) is 5.75 Å². The Morgan fingerprint density at radius 1 is 1.00 bits per heavy atom. The van der Waals surface area contributed by atoms with E-state index in [1.165, 1.54) is 0 Å². The number of pyridine rings is 1. The topological polar surface area (TPSA) is 115 Å². The molecule has 2 saturated carbocycles. The van der Waals surface area contributed by atoms with Crippen LogP contribution in [0.15, 0.2) is 60.8 Å². The van der Waals surface area contributed by atoms with Gasteiger partial charge >= 0.3 is 0 Å². The summed E-state index contributed by atoms with van der Waals surface area (Å²) in [6.07, 6.45) is 8.06. The molecule has 9 nitrogen and oxygen atoms in total. The largest absolute Gasteiger partial charge is 0.490 e. The van der Waals surface area contributed by atoms with Gasteiger partial charge in [-0.1, -0.05) is 6.07 Å². The average molecular weight is 551 g/mol. The number of anilines is 2. The van der Waals surface area contributed by atoms with E-state index in [2.05, 4.69) is 22.1 Å². The van der Waals surface area contributed by atoms with E-state index < -0.39 is 0 Å². The van der Waals surface area contributed by atoms with Crippen molar-refractivity contribution >= 4 is 34.2 Å². The van der Waals surface area contributed by atoms with Crippen LogP contribution in [0.1, 0.15) is 67.4 Å². The van der Waals surface area contributed by atoms with Gasteiger partial charge in [-0.3, -0.25) is 9.59 Å². The summed E-state index contributed by atoms with van der Waals surface area (Å²) in [6, 6.07) is 17.0. The van der Waals surface area contributed by atoms with Crippen LogP contribution >= 0.6 is 0 Å². The van der Waals surface area contributed by atoms with Gasteiger partial charge in [0.1, 0.15) is 17.1 Å².